The number of hydrogen-bond donors (Lipinski definition) is 1. The van der Waals surface area contributed by atoms with Gasteiger partial charge in [-0.3, -0.25) is 4.79 Å². The van der Waals surface area contributed by atoms with Crippen molar-refractivity contribution in [3.63, 3.8) is 0 Å². The fraction of sp³-hybridized carbons (Fsp3) is 0.308. The Kier molecular flexibility index (Phi) is 2.74. The van der Waals surface area contributed by atoms with Crippen LogP contribution in [0.3, 0.4) is 0 Å². The molecule has 3 heterocycles. The summed E-state index contributed by atoms with van der Waals surface area (Å²) in [6.45, 7) is 5.72. The predicted molar refractivity (Wildman–Crippen MR) is 73.8 cm³/mol. The van der Waals surface area contributed by atoms with Gasteiger partial charge in [-0.2, -0.15) is 0 Å². The molecule has 3 aromatic rings. The van der Waals surface area contributed by atoms with Crippen LogP contribution in [0.5, 0.6) is 0 Å². The third-order valence-electron chi connectivity index (χ3n) is 3.10. The second-order valence-electron chi connectivity index (χ2n) is 4.57. The van der Waals surface area contributed by atoms with Crippen LogP contribution in [0.25, 0.3) is 10.2 Å². The van der Waals surface area contributed by atoms with Crippen molar-refractivity contribution in [3.05, 3.63) is 44.1 Å². The van der Waals surface area contributed by atoms with Crippen LogP contribution in [0.2, 0.25) is 0 Å². The van der Waals surface area contributed by atoms with Gasteiger partial charge in [0.15, 0.2) is 0 Å². The van der Waals surface area contributed by atoms with Gasteiger partial charge in [-0.05, 0) is 26.8 Å². The minimum absolute atomic E-state index is 0.0869. The first-order valence-electron chi connectivity index (χ1n) is 5.95. The molecule has 98 valence electrons. The van der Waals surface area contributed by atoms with Crippen LogP contribution in [0.1, 0.15) is 27.7 Å². The number of aromatic nitrogens is 3. The highest BCUT2D eigenvalue weighted by atomic mass is 32.1. The maximum Gasteiger partial charge on any atom is 0.259 e. The number of nitrogens with one attached hydrogen (secondary N) is 1. The second-order valence-corrected chi connectivity index (χ2v) is 5.80. The molecule has 0 spiro atoms. The Bertz CT molecular complexity index is 794. The molecule has 0 aliphatic heterocycles. The average Bonchev–Trinajstić information content (AvgIpc) is 2.86. The molecule has 0 unspecified atom stereocenters. The highest BCUT2D eigenvalue weighted by molar-refractivity contribution is 7.18. The summed E-state index contributed by atoms with van der Waals surface area (Å²) in [5.41, 5.74) is 1.73. The Morgan fingerprint density at radius 1 is 1.37 bits per heavy atom. The largest absolute Gasteiger partial charge is 0.361 e. The molecule has 0 amide bonds. The van der Waals surface area contributed by atoms with Crippen molar-refractivity contribution < 1.29 is 4.52 Å². The number of aromatic amines is 1. The quantitative estimate of drug-likeness (QED) is 0.780. The maximum absolute atomic E-state index is 12.0. The van der Waals surface area contributed by atoms with E-state index < -0.39 is 0 Å². The van der Waals surface area contributed by atoms with Crippen LogP contribution >= 0.6 is 11.3 Å². The second kappa shape index (κ2) is 4.31. The van der Waals surface area contributed by atoms with Crippen molar-refractivity contribution in [3.8, 4) is 0 Å². The maximum atomic E-state index is 12.0. The van der Waals surface area contributed by atoms with E-state index in [0.717, 1.165) is 26.7 Å². The van der Waals surface area contributed by atoms with Crippen LogP contribution in [-0.2, 0) is 6.42 Å². The van der Waals surface area contributed by atoms with E-state index in [1.165, 1.54) is 11.3 Å². The van der Waals surface area contributed by atoms with E-state index in [2.05, 4.69) is 15.1 Å². The lowest BCUT2D eigenvalue weighted by Crippen LogP contribution is -2.11. The average molecular weight is 275 g/mol. The van der Waals surface area contributed by atoms with Crippen LogP contribution in [-0.4, -0.2) is 15.1 Å². The topological polar surface area (TPSA) is 71.8 Å². The first-order chi connectivity index (χ1) is 9.04. The van der Waals surface area contributed by atoms with Crippen LogP contribution in [0.15, 0.2) is 15.4 Å². The first kappa shape index (κ1) is 12.1. The third-order valence-corrected chi connectivity index (χ3v) is 4.04. The first-order valence-corrected chi connectivity index (χ1v) is 6.77. The van der Waals surface area contributed by atoms with Crippen LogP contribution < -0.4 is 5.56 Å². The predicted octanol–water partition coefficient (Wildman–Crippen LogP) is 2.49. The molecule has 0 aromatic carbocycles. The van der Waals surface area contributed by atoms with E-state index in [9.17, 15) is 4.79 Å². The van der Waals surface area contributed by atoms with Gasteiger partial charge >= 0.3 is 0 Å². The summed E-state index contributed by atoms with van der Waals surface area (Å²) in [5.74, 6) is 1.41. The lowest BCUT2D eigenvalue weighted by Gasteiger charge is -2.00. The lowest BCUT2D eigenvalue weighted by atomic mass is 10.1. The number of hydrogen-bond acceptors (Lipinski definition) is 5. The molecular weight excluding hydrogens is 262 g/mol. The molecule has 0 saturated carbocycles. The molecule has 0 radical (unpaired) electrons. The Hall–Kier alpha value is -1.95. The Morgan fingerprint density at radius 3 is 2.84 bits per heavy atom. The smallest absolute Gasteiger partial charge is 0.259 e. The SMILES string of the molecule is Cc1cc2c(=O)[nH]c(Cc3c(C)noc3C)nc2s1. The van der Waals surface area contributed by atoms with Crippen molar-refractivity contribution >= 4 is 21.6 Å². The van der Waals surface area contributed by atoms with Gasteiger partial charge in [-0.25, -0.2) is 4.98 Å². The highest BCUT2D eigenvalue weighted by Crippen LogP contribution is 2.21. The van der Waals surface area contributed by atoms with Crippen LogP contribution in [0.4, 0.5) is 0 Å². The number of rotatable bonds is 2. The molecule has 0 aliphatic carbocycles. The summed E-state index contributed by atoms with van der Waals surface area (Å²) in [6, 6.07) is 1.87. The molecule has 0 fully saturated rings. The van der Waals surface area contributed by atoms with E-state index in [0.29, 0.717) is 17.6 Å². The fourth-order valence-corrected chi connectivity index (χ4v) is 3.00. The van der Waals surface area contributed by atoms with E-state index >= 15 is 0 Å². The summed E-state index contributed by atoms with van der Waals surface area (Å²) >= 11 is 1.53. The highest BCUT2D eigenvalue weighted by Gasteiger charge is 2.13. The number of H-pyrrole nitrogens is 1. The third kappa shape index (κ3) is 2.08. The van der Waals surface area contributed by atoms with Gasteiger partial charge < -0.3 is 9.51 Å². The molecule has 3 aromatic heterocycles. The Balaban J connectivity index is 2.09. The summed E-state index contributed by atoms with van der Waals surface area (Å²) in [5, 5.41) is 4.57. The van der Waals surface area contributed by atoms with Gasteiger partial charge in [0.1, 0.15) is 16.4 Å². The zero-order valence-electron chi connectivity index (χ0n) is 10.9. The van der Waals surface area contributed by atoms with Gasteiger partial charge in [-0.15, -0.1) is 11.3 Å². The summed E-state index contributed by atoms with van der Waals surface area (Å²) in [7, 11) is 0. The Morgan fingerprint density at radius 2 is 2.16 bits per heavy atom. The number of nitrogens with zero attached hydrogens (tertiary/aromatic N) is 2. The van der Waals surface area contributed by atoms with Crippen molar-refractivity contribution in [1.82, 2.24) is 15.1 Å². The number of fused-ring (bicyclic) bond motifs is 1. The zero-order valence-corrected chi connectivity index (χ0v) is 11.7. The van der Waals surface area contributed by atoms with Gasteiger partial charge in [0.05, 0.1) is 11.1 Å². The van der Waals surface area contributed by atoms with Gasteiger partial charge in [0, 0.05) is 16.9 Å². The summed E-state index contributed by atoms with van der Waals surface area (Å²) < 4.78 is 5.12. The lowest BCUT2D eigenvalue weighted by molar-refractivity contribution is 0.392. The van der Waals surface area contributed by atoms with E-state index in [4.69, 9.17) is 4.52 Å². The Labute approximate surface area is 113 Å². The van der Waals surface area contributed by atoms with Gasteiger partial charge in [0.25, 0.3) is 5.56 Å². The molecule has 19 heavy (non-hydrogen) atoms. The molecule has 5 nitrogen and oxygen atoms in total. The monoisotopic (exact) mass is 275 g/mol. The van der Waals surface area contributed by atoms with Crippen LogP contribution in [0, 0.1) is 20.8 Å². The van der Waals surface area contributed by atoms with E-state index in [1.54, 1.807) is 0 Å². The van der Waals surface area contributed by atoms with Crippen molar-refractivity contribution in [2.75, 3.05) is 0 Å². The molecule has 0 atom stereocenters. The summed E-state index contributed by atoms with van der Waals surface area (Å²) in [6.07, 6.45) is 0.531. The molecule has 6 heteroatoms. The normalized spacial score (nSPS) is 11.3. The van der Waals surface area contributed by atoms with Gasteiger partial charge in [-0.1, -0.05) is 5.16 Å². The number of aryl methyl sites for hydroxylation is 3. The van der Waals surface area contributed by atoms with Crippen molar-refractivity contribution in [2.45, 2.75) is 27.2 Å². The van der Waals surface area contributed by atoms with Crippen molar-refractivity contribution in [1.29, 1.82) is 0 Å². The zero-order chi connectivity index (χ0) is 13.6. The molecule has 3 rings (SSSR count). The summed E-state index contributed by atoms with van der Waals surface area (Å²) in [4.78, 5) is 21.2. The standard InChI is InChI=1S/C13H13N3O2S/c1-6-4-10-12(17)14-11(15-13(10)19-6)5-9-7(2)16-18-8(9)3/h4H,5H2,1-3H3,(H,14,15,17). The molecule has 0 saturated heterocycles. The fourth-order valence-electron chi connectivity index (χ4n) is 2.10. The molecule has 0 bridgehead atoms. The van der Waals surface area contributed by atoms with Gasteiger partial charge in [0.2, 0.25) is 0 Å². The van der Waals surface area contributed by atoms with Crippen molar-refractivity contribution in [2.24, 2.45) is 0 Å². The minimum Gasteiger partial charge on any atom is -0.361 e. The van der Waals surface area contributed by atoms with E-state index in [-0.39, 0.29) is 5.56 Å². The molecule has 0 aliphatic rings. The number of thiophene rings is 1. The minimum atomic E-state index is -0.0869. The van der Waals surface area contributed by atoms with E-state index in [1.807, 2.05) is 26.8 Å². The molecule has 1 N–H and O–H groups in total. The molecular formula is C13H13N3O2S.